The highest BCUT2D eigenvalue weighted by Crippen LogP contribution is 2.38. The van der Waals surface area contributed by atoms with Crippen LogP contribution in [0.3, 0.4) is 0 Å². The van der Waals surface area contributed by atoms with Gasteiger partial charge in [0.25, 0.3) is 5.91 Å². The van der Waals surface area contributed by atoms with E-state index in [0.29, 0.717) is 22.7 Å². The van der Waals surface area contributed by atoms with Gasteiger partial charge in [-0.25, -0.2) is 0 Å². The Morgan fingerprint density at radius 2 is 2.04 bits per heavy atom. The molecule has 5 heteroatoms. The molecule has 116 valence electrons. The van der Waals surface area contributed by atoms with Gasteiger partial charge in [-0.15, -0.1) is 0 Å². The van der Waals surface area contributed by atoms with E-state index in [1.807, 2.05) is 36.1 Å². The Bertz CT molecular complexity index is 860. The Balaban J connectivity index is 1.67. The van der Waals surface area contributed by atoms with Gasteiger partial charge in [0.05, 0.1) is 12.1 Å². The van der Waals surface area contributed by atoms with Crippen LogP contribution in [0.2, 0.25) is 5.02 Å². The van der Waals surface area contributed by atoms with Crippen LogP contribution in [0.5, 0.6) is 0 Å². The molecule has 0 aromatic heterocycles. The second-order valence-electron chi connectivity index (χ2n) is 5.98. The second kappa shape index (κ2) is 5.10. The second-order valence-corrected chi connectivity index (χ2v) is 6.39. The summed E-state index contributed by atoms with van der Waals surface area (Å²) in [5.41, 5.74) is 5.20. The van der Waals surface area contributed by atoms with Gasteiger partial charge < -0.3 is 10.2 Å². The highest BCUT2D eigenvalue weighted by Gasteiger charge is 2.34. The normalized spacial score (nSPS) is 15.0. The third-order valence-corrected chi connectivity index (χ3v) is 4.97. The third kappa shape index (κ3) is 2.21. The average Bonchev–Trinajstić information content (AvgIpc) is 3.09. The van der Waals surface area contributed by atoms with Gasteiger partial charge in [-0.3, -0.25) is 9.59 Å². The highest BCUT2D eigenvalue weighted by atomic mass is 35.5. The van der Waals surface area contributed by atoms with Crippen LogP contribution in [0, 0.1) is 6.92 Å². The number of amides is 2. The Morgan fingerprint density at radius 1 is 1.26 bits per heavy atom. The number of carbonyl (C=O) groups is 2. The number of hydrogen-bond acceptors (Lipinski definition) is 2. The number of rotatable bonds is 2. The number of nitrogens with one attached hydrogen (secondary N) is 1. The molecule has 0 radical (unpaired) electrons. The molecule has 0 fully saturated rings. The molecule has 0 saturated heterocycles. The molecule has 0 bridgehead atoms. The van der Waals surface area contributed by atoms with E-state index in [2.05, 4.69) is 5.32 Å². The zero-order valence-electron chi connectivity index (χ0n) is 12.6. The summed E-state index contributed by atoms with van der Waals surface area (Å²) in [6, 6.07) is 9.16. The Hall–Kier alpha value is -2.33. The van der Waals surface area contributed by atoms with Crippen molar-refractivity contribution in [2.75, 3.05) is 16.8 Å². The number of carbonyl (C=O) groups excluding carboxylic acids is 2. The molecule has 2 aromatic rings. The average molecular weight is 327 g/mol. The fraction of sp³-hybridized carbons (Fsp3) is 0.222. The Kier molecular flexibility index (Phi) is 3.16. The van der Waals surface area contributed by atoms with E-state index in [1.165, 1.54) is 0 Å². The predicted molar refractivity (Wildman–Crippen MR) is 90.3 cm³/mol. The van der Waals surface area contributed by atoms with Gasteiger partial charge in [0.15, 0.2) is 0 Å². The first-order valence-corrected chi connectivity index (χ1v) is 7.95. The molecule has 4 rings (SSSR count). The van der Waals surface area contributed by atoms with Crippen LogP contribution >= 0.6 is 11.6 Å². The molecule has 23 heavy (non-hydrogen) atoms. The van der Waals surface area contributed by atoms with Crippen LogP contribution in [0.4, 0.5) is 11.4 Å². The van der Waals surface area contributed by atoms with Crippen LogP contribution in [-0.4, -0.2) is 18.4 Å². The molecule has 2 amide bonds. The van der Waals surface area contributed by atoms with E-state index in [1.54, 1.807) is 6.07 Å². The maximum absolute atomic E-state index is 12.6. The van der Waals surface area contributed by atoms with E-state index in [-0.39, 0.29) is 11.8 Å². The minimum Gasteiger partial charge on any atom is -0.322 e. The number of hydrogen-bond donors (Lipinski definition) is 1. The van der Waals surface area contributed by atoms with Crippen molar-refractivity contribution < 1.29 is 9.59 Å². The van der Waals surface area contributed by atoms with E-state index < -0.39 is 0 Å². The lowest BCUT2D eigenvalue weighted by atomic mass is 10.0. The zero-order chi connectivity index (χ0) is 16.1. The Labute approximate surface area is 139 Å². The predicted octanol–water partition coefficient (Wildman–Crippen LogP) is 3.35. The van der Waals surface area contributed by atoms with Crippen molar-refractivity contribution in [3.05, 3.63) is 57.6 Å². The monoisotopic (exact) mass is 326 g/mol. The van der Waals surface area contributed by atoms with Gasteiger partial charge >= 0.3 is 0 Å². The molecule has 2 aromatic carbocycles. The summed E-state index contributed by atoms with van der Waals surface area (Å²) < 4.78 is 0. The highest BCUT2D eigenvalue weighted by molar-refractivity contribution is 6.31. The van der Waals surface area contributed by atoms with Crippen molar-refractivity contribution in [1.82, 2.24) is 0 Å². The summed E-state index contributed by atoms with van der Waals surface area (Å²) in [5, 5.41) is 3.53. The molecular formula is C18H15ClN2O2. The number of nitrogens with zero attached hydrogens (tertiary/aromatic N) is 1. The summed E-state index contributed by atoms with van der Waals surface area (Å²) in [5.74, 6) is -0.0470. The summed E-state index contributed by atoms with van der Waals surface area (Å²) in [6.07, 6.45) is 1.20. The summed E-state index contributed by atoms with van der Waals surface area (Å²) in [7, 11) is 0. The Morgan fingerprint density at radius 3 is 2.87 bits per heavy atom. The number of halogens is 1. The molecular weight excluding hydrogens is 312 g/mol. The minimum atomic E-state index is -0.174. The standard InChI is InChI=1S/C18H15ClN2O2/c1-10-14(19)3-2-4-15(10)20-18(23)13-7-11-5-6-21-16(22)9-12(8-13)17(11)21/h2-4,7-8H,5-6,9H2,1H3,(H,20,23). The molecule has 0 spiro atoms. The quantitative estimate of drug-likeness (QED) is 0.920. The smallest absolute Gasteiger partial charge is 0.255 e. The van der Waals surface area contributed by atoms with Crippen LogP contribution in [0.25, 0.3) is 0 Å². The third-order valence-electron chi connectivity index (χ3n) is 4.56. The molecule has 0 unspecified atom stereocenters. The van der Waals surface area contributed by atoms with Crippen molar-refractivity contribution in [2.24, 2.45) is 0 Å². The number of anilines is 2. The fourth-order valence-corrected chi connectivity index (χ4v) is 3.53. The largest absolute Gasteiger partial charge is 0.322 e. The molecule has 2 aliphatic heterocycles. The SMILES string of the molecule is Cc1c(Cl)cccc1NC(=O)c1cc2c3c(c1)CC(=O)N3CC2. The molecule has 0 saturated carbocycles. The first kappa shape index (κ1) is 14.3. The van der Waals surface area contributed by atoms with Crippen LogP contribution in [0.15, 0.2) is 30.3 Å². The molecule has 0 aliphatic carbocycles. The minimum absolute atomic E-state index is 0.127. The van der Waals surface area contributed by atoms with E-state index in [0.717, 1.165) is 35.3 Å². The molecule has 2 heterocycles. The van der Waals surface area contributed by atoms with E-state index in [4.69, 9.17) is 11.6 Å². The first-order chi connectivity index (χ1) is 11.0. The van der Waals surface area contributed by atoms with Crippen molar-refractivity contribution in [1.29, 1.82) is 0 Å². The fourth-order valence-electron chi connectivity index (χ4n) is 3.35. The van der Waals surface area contributed by atoms with E-state index in [9.17, 15) is 9.59 Å². The molecule has 1 N–H and O–H groups in total. The van der Waals surface area contributed by atoms with Crippen LogP contribution < -0.4 is 10.2 Å². The van der Waals surface area contributed by atoms with Gasteiger partial charge in [-0.05, 0) is 54.3 Å². The lowest BCUT2D eigenvalue weighted by Gasteiger charge is -2.12. The van der Waals surface area contributed by atoms with Gasteiger partial charge in [0.2, 0.25) is 5.91 Å². The van der Waals surface area contributed by atoms with Gasteiger partial charge in [-0.2, -0.15) is 0 Å². The first-order valence-electron chi connectivity index (χ1n) is 7.57. The van der Waals surface area contributed by atoms with Crippen LogP contribution in [-0.2, 0) is 17.6 Å². The zero-order valence-corrected chi connectivity index (χ0v) is 13.4. The van der Waals surface area contributed by atoms with Crippen LogP contribution in [0.1, 0.15) is 27.0 Å². The van der Waals surface area contributed by atoms with Gasteiger partial charge in [0, 0.05) is 22.8 Å². The van der Waals surface area contributed by atoms with Gasteiger partial charge in [0.1, 0.15) is 0 Å². The summed E-state index contributed by atoms with van der Waals surface area (Å²) >= 11 is 6.09. The molecule has 0 atom stereocenters. The lowest BCUT2D eigenvalue weighted by molar-refractivity contribution is -0.117. The molecule has 2 aliphatic rings. The van der Waals surface area contributed by atoms with Crippen molar-refractivity contribution in [3.63, 3.8) is 0 Å². The number of benzene rings is 2. The summed E-state index contributed by atoms with van der Waals surface area (Å²) in [6.45, 7) is 2.59. The van der Waals surface area contributed by atoms with Crippen molar-refractivity contribution in [2.45, 2.75) is 19.8 Å². The van der Waals surface area contributed by atoms with Crippen molar-refractivity contribution in [3.8, 4) is 0 Å². The molecule has 4 nitrogen and oxygen atoms in total. The topological polar surface area (TPSA) is 49.4 Å². The maximum atomic E-state index is 12.6. The van der Waals surface area contributed by atoms with Gasteiger partial charge in [-0.1, -0.05) is 17.7 Å². The summed E-state index contributed by atoms with van der Waals surface area (Å²) in [4.78, 5) is 26.4. The van der Waals surface area contributed by atoms with Crippen molar-refractivity contribution >= 4 is 34.8 Å². The lowest BCUT2D eigenvalue weighted by Crippen LogP contribution is -2.24. The maximum Gasteiger partial charge on any atom is 0.255 e. The van der Waals surface area contributed by atoms with E-state index >= 15 is 0 Å².